The highest BCUT2D eigenvalue weighted by Crippen LogP contribution is 2.33. The van der Waals surface area contributed by atoms with Gasteiger partial charge in [-0.3, -0.25) is 4.79 Å². The Balaban J connectivity index is 0.00000169. The number of nitrogens with zero attached hydrogens (tertiary/aromatic N) is 1. The van der Waals surface area contributed by atoms with E-state index in [0.29, 0.717) is 0 Å². The summed E-state index contributed by atoms with van der Waals surface area (Å²) in [5.41, 5.74) is 5.10. The Kier molecular flexibility index (Phi) is 5.23. The first kappa shape index (κ1) is 17.4. The minimum absolute atomic E-state index is 0. The molecule has 4 rings (SSSR count). The van der Waals surface area contributed by atoms with Crippen molar-refractivity contribution in [3.05, 3.63) is 34.2 Å². The Morgan fingerprint density at radius 2 is 2.17 bits per heavy atom. The highest BCUT2D eigenvalue weighted by atomic mass is 35.5. The fraction of sp³-hybridized carbons (Fsp3) is 0.444. The van der Waals surface area contributed by atoms with Crippen molar-refractivity contribution in [1.29, 1.82) is 0 Å². The highest BCUT2D eigenvalue weighted by Gasteiger charge is 2.23. The second-order valence-electron chi connectivity index (χ2n) is 6.44. The number of aromatic nitrogens is 1. The molecule has 0 radical (unpaired) electrons. The monoisotopic (exact) mass is 363 g/mol. The standard InChI is InChI=1S/C18H21N3OS.ClH/c1-11-16(14-6-5-12-3-2-4-13(12)9-14)20-18(23-11)21-17(22)15-7-8-19-10-15;/h5-6,9,15,19H,2-4,7-8,10H2,1H3,(H,20,21,22);1H. The normalized spacial score (nSPS) is 19.0. The molecule has 6 heteroatoms. The van der Waals surface area contributed by atoms with Gasteiger partial charge in [-0.2, -0.15) is 0 Å². The molecule has 2 aromatic rings. The third kappa shape index (κ3) is 3.34. The van der Waals surface area contributed by atoms with Crippen molar-refractivity contribution in [3.8, 4) is 11.3 Å². The van der Waals surface area contributed by atoms with Gasteiger partial charge in [0, 0.05) is 17.0 Å². The lowest BCUT2D eigenvalue weighted by Crippen LogP contribution is -2.24. The third-order valence-electron chi connectivity index (χ3n) is 4.83. The Morgan fingerprint density at radius 1 is 1.33 bits per heavy atom. The predicted molar refractivity (Wildman–Crippen MR) is 101 cm³/mol. The van der Waals surface area contributed by atoms with Crippen LogP contribution in [0.2, 0.25) is 0 Å². The topological polar surface area (TPSA) is 54.0 Å². The number of thiazole rings is 1. The van der Waals surface area contributed by atoms with E-state index < -0.39 is 0 Å². The van der Waals surface area contributed by atoms with Gasteiger partial charge in [-0.15, -0.1) is 23.7 Å². The van der Waals surface area contributed by atoms with E-state index in [2.05, 4.69) is 40.7 Å². The van der Waals surface area contributed by atoms with E-state index in [1.807, 2.05) is 0 Å². The second kappa shape index (κ2) is 7.21. The van der Waals surface area contributed by atoms with Crippen LogP contribution in [0.1, 0.15) is 28.8 Å². The van der Waals surface area contributed by atoms with Crippen LogP contribution in [0, 0.1) is 12.8 Å². The fourth-order valence-corrected chi connectivity index (χ4v) is 4.36. The summed E-state index contributed by atoms with van der Waals surface area (Å²) in [6, 6.07) is 6.68. The van der Waals surface area contributed by atoms with Gasteiger partial charge in [0.2, 0.25) is 5.91 Å². The summed E-state index contributed by atoms with van der Waals surface area (Å²) in [5, 5.41) is 6.94. The second-order valence-corrected chi connectivity index (χ2v) is 7.64. The van der Waals surface area contributed by atoms with Gasteiger partial charge in [-0.05, 0) is 56.3 Å². The first-order chi connectivity index (χ1) is 11.2. The van der Waals surface area contributed by atoms with Gasteiger partial charge in [0.1, 0.15) is 0 Å². The van der Waals surface area contributed by atoms with Crippen LogP contribution in [-0.4, -0.2) is 24.0 Å². The van der Waals surface area contributed by atoms with Crippen molar-refractivity contribution in [2.45, 2.75) is 32.6 Å². The molecule has 1 saturated heterocycles. The van der Waals surface area contributed by atoms with E-state index in [1.165, 1.54) is 36.0 Å². The van der Waals surface area contributed by atoms with Gasteiger partial charge in [-0.25, -0.2) is 4.98 Å². The van der Waals surface area contributed by atoms with Crippen LogP contribution in [0.3, 0.4) is 0 Å². The number of carbonyl (C=O) groups excluding carboxylic acids is 1. The Labute approximate surface area is 152 Å². The van der Waals surface area contributed by atoms with Gasteiger partial charge >= 0.3 is 0 Å². The summed E-state index contributed by atoms with van der Waals surface area (Å²) in [4.78, 5) is 18.1. The number of rotatable bonds is 3. The zero-order valence-corrected chi connectivity index (χ0v) is 15.4. The van der Waals surface area contributed by atoms with Crippen LogP contribution in [0.25, 0.3) is 11.3 Å². The van der Waals surface area contributed by atoms with Crippen LogP contribution in [0.5, 0.6) is 0 Å². The van der Waals surface area contributed by atoms with Crippen molar-refractivity contribution in [1.82, 2.24) is 10.3 Å². The molecular formula is C18H22ClN3OS. The molecule has 0 spiro atoms. The average molecular weight is 364 g/mol. The molecule has 2 N–H and O–H groups in total. The molecule has 1 aliphatic carbocycles. The molecule has 0 bridgehead atoms. The number of aryl methyl sites for hydroxylation is 3. The summed E-state index contributed by atoms with van der Waals surface area (Å²) in [5.74, 6) is 0.159. The minimum atomic E-state index is 0. The molecule has 4 nitrogen and oxygen atoms in total. The fourth-order valence-electron chi connectivity index (χ4n) is 3.52. The molecule has 0 saturated carbocycles. The molecule has 1 amide bonds. The predicted octanol–water partition coefficient (Wildman–Crippen LogP) is 3.58. The maximum atomic E-state index is 12.2. The highest BCUT2D eigenvalue weighted by molar-refractivity contribution is 7.16. The molecule has 128 valence electrons. The average Bonchev–Trinajstić information content (AvgIpc) is 3.26. The van der Waals surface area contributed by atoms with E-state index in [1.54, 1.807) is 11.3 Å². The lowest BCUT2D eigenvalue weighted by atomic mass is 10.0. The smallest absolute Gasteiger partial charge is 0.230 e. The lowest BCUT2D eigenvalue weighted by molar-refractivity contribution is -0.119. The van der Waals surface area contributed by atoms with E-state index in [-0.39, 0.29) is 24.2 Å². The number of benzene rings is 1. The quantitative estimate of drug-likeness (QED) is 0.876. The van der Waals surface area contributed by atoms with Crippen molar-refractivity contribution in [3.63, 3.8) is 0 Å². The molecule has 24 heavy (non-hydrogen) atoms. The van der Waals surface area contributed by atoms with Crippen LogP contribution in [0.15, 0.2) is 18.2 Å². The van der Waals surface area contributed by atoms with Gasteiger partial charge < -0.3 is 10.6 Å². The largest absolute Gasteiger partial charge is 0.316 e. The first-order valence-corrected chi connectivity index (χ1v) is 9.13. The summed E-state index contributed by atoms with van der Waals surface area (Å²) in [6.07, 6.45) is 4.53. The SMILES string of the molecule is Cc1sc(NC(=O)C2CCNC2)nc1-c1ccc2c(c1)CCC2.Cl. The Hall–Kier alpha value is -1.43. The zero-order valence-electron chi connectivity index (χ0n) is 13.7. The van der Waals surface area contributed by atoms with E-state index in [0.717, 1.165) is 35.2 Å². The maximum absolute atomic E-state index is 12.2. The summed E-state index contributed by atoms with van der Waals surface area (Å²) in [7, 11) is 0. The number of anilines is 1. The molecule has 1 aromatic heterocycles. The summed E-state index contributed by atoms with van der Waals surface area (Å²) >= 11 is 1.57. The van der Waals surface area contributed by atoms with Crippen LogP contribution < -0.4 is 10.6 Å². The molecule has 1 aliphatic heterocycles. The third-order valence-corrected chi connectivity index (χ3v) is 5.72. The van der Waals surface area contributed by atoms with E-state index in [4.69, 9.17) is 0 Å². The molecule has 1 fully saturated rings. The number of hydrogen-bond donors (Lipinski definition) is 2. The molecule has 2 heterocycles. The van der Waals surface area contributed by atoms with Crippen LogP contribution >= 0.6 is 23.7 Å². The van der Waals surface area contributed by atoms with Gasteiger partial charge in [0.25, 0.3) is 0 Å². The van der Waals surface area contributed by atoms with Crippen LogP contribution in [-0.2, 0) is 17.6 Å². The van der Waals surface area contributed by atoms with Crippen molar-refractivity contribution in [2.24, 2.45) is 5.92 Å². The van der Waals surface area contributed by atoms with Gasteiger partial charge in [-0.1, -0.05) is 12.1 Å². The zero-order chi connectivity index (χ0) is 15.8. The Morgan fingerprint density at radius 3 is 2.96 bits per heavy atom. The van der Waals surface area contributed by atoms with E-state index in [9.17, 15) is 4.79 Å². The number of nitrogens with one attached hydrogen (secondary N) is 2. The van der Waals surface area contributed by atoms with Gasteiger partial charge in [0.05, 0.1) is 11.6 Å². The molecule has 2 aliphatic rings. The lowest BCUT2D eigenvalue weighted by Gasteiger charge is -2.06. The first-order valence-electron chi connectivity index (χ1n) is 8.32. The van der Waals surface area contributed by atoms with Crippen LogP contribution in [0.4, 0.5) is 5.13 Å². The minimum Gasteiger partial charge on any atom is -0.316 e. The number of carbonyl (C=O) groups is 1. The Bertz CT molecular complexity index is 753. The van der Waals surface area contributed by atoms with Crippen molar-refractivity contribution >= 4 is 34.8 Å². The molecule has 1 atom stereocenters. The molecule has 1 unspecified atom stereocenters. The summed E-state index contributed by atoms with van der Waals surface area (Å²) < 4.78 is 0. The van der Waals surface area contributed by atoms with E-state index >= 15 is 0 Å². The number of hydrogen-bond acceptors (Lipinski definition) is 4. The number of amides is 1. The molecular weight excluding hydrogens is 342 g/mol. The number of halogens is 1. The maximum Gasteiger partial charge on any atom is 0.230 e. The van der Waals surface area contributed by atoms with Gasteiger partial charge in [0.15, 0.2) is 5.13 Å². The van der Waals surface area contributed by atoms with Crippen molar-refractivity contribution in [2.75, 3.05) is 18.4 Å². The number of fused-ring (bicyclic) bond motifs is 1. The summed E-state index contributed by atoms with van der Waals surface area (Å²) in [6.45, 7) is 3.77. The van der Waals surface area contributed by atoms with Crippen molar-refractivity contribution < 1.29 is 4.79 Å². The molecule has 1 aromatic carbocycles.